The van der Waals surface area contributed by atoms with E-state index < -0.39 is 17.7 Å². The fraction of sp³-hybridized carbons (Fsp3) is 0.467. The highest BCUT2D eigenvalue weighted by Crippen LogP contribution is 2.35. The zero-order valence-corrected chi connectivity index (χ0v) is 12.6. The van der Waals surface area contributed by atoms with Crippen LogP contribution in [0.3, 0.4) is 0 Å². The number of anilines is 1. The molecule has 0 unspecified atom stereocenters. The number of rotatable bonds is 2. The highest BCUT2D eigenvalue weighted by Gasteiger charge is 2.31. The molecule has 0 radical (unpaired) electrons. The summed E-state index contributed by atoms with van der Waals surface area (Å²) in [5, 5.41) is 9.22. The number of carbonyl (C=O) groups excluding carboxylic acids is 1. The standard InChI is InChI=1S/C15H19NO5/c1-15(2,3)21-14(19)16-6-5-9-7-12(20-4)10(13(17)18)8-11(9)16/h7-8H,5-6H2,1-4H3,(H,17,18). The first-order valence-electron chi connectivity index (χ1n) is 6.67. The fourth-order valence-electron chi connectivity index (χ4n) is 2.26. The van der Waals surface area contributed by atoms with Gasteiger partial charge in [0, 0.05) is 6.54 Å². The van der Waals surface area contributed by atoms with Gasteiger partial charge in [-0.3, -0.25) is 4.90 Å². The summed E-state index contributed by atoms with van der Waals surface area (Å²) in [5.41, 5.74) is 0.888. The predicted octanol–water partition coefficient (Wildman–Crippen LogP) is 2.69. The number of amides is 1. The molecule has 1 aromatic rings. The second kappa shape index (κ2) is 5.27. The third kappa shape index (κ3) is 3.09. The van der Waals surface area contributed by atoms with Crippen LogP contribution in [0.1, 0.15) is 36.7 Å². The van der Waals surface area contributed by atoms with Crippen molar-refractivity contribution >= 4 is 17.7 Å². The lowest BCUT2D eigenvalue weighted by molar-refractivity contribution is 0.0582. The second-order valence-electron chi connectivity index (χ2n) is 5.87. The van der Waals surface area contributed by atoms with E-state index in [0.29, 0.717) is 24.4 Å². The van der Waals surface area contributed by atoms with Gasteiger partial charge in [0.1, 0.15) is 16.9 Å². The summed E-state index contributed by atoms with van der Waals surface area (Å²) in [5.74, 6) is -0.794. The van der Waals surface area contributed by atoms with Gasteiger partial charge in [-0.05, 0) is 44.9 Å². The van der Waals surface area contributed by atoms with Crippen LogP contribution >= 0.6 is 0 Å². The summed E-state index contributed by atoms with van der Waals surface area (Å²) < 4.78 is 10.4. The molecule has 2 rings (SSSR count). The van der Waals surface area contributed by atoms with Gasteiger partial charge in [0.15, 0.2) is 0 Å². The number of aromatic carboxylic acids is 1. The Kier molecular flexibility index (Phi) is 3.80. The van der Waals surface area contributed by atoms with Crippen molar-refractivity contribution in [1.82, 2.24) is 0 Å². The number of hydrogen-bond acceptors (Lipinski definition) is 4. The minimum atomic E-state index is -1.09. The van der Waals surface area contributed by atoms with Crippen LogP contribution in [0.2, 0.25) is 0 Å². The maximum absolute atomic E-state index is 12.2. The van der Waals surface area contributed by atoms with Gasteiger partial charge in [-0.25, -0.2) is 9.59 Å². The van der Waals surface area contributed by atoms with Gasteiger partial charge < -0.3 is 14.6 Å². The SMILES string of the molecule is COc1cc2c(cc1C(=O)O)N(C(=O)OC(C)(C)C)CC2. The Hall–Kier alpha value is -2.24. The Bertz CT molecular complexity index is 588. The van der Waals surface area contributed by atoms with E-state index in [1.165, 1.54) is 18.1 Å². The van der Waals surface area contributed by atoms with Gasteiger partial charge >= 0.3 is 12.1 Å². The zero-order chi connectivity index (χ0) is 15.8. The number of benzene rings is 1. The molecular weight excluding hydrogens is 274 g/mol. The van der Waals surface area contributed by atoms with Crippen molar-refractivity contribution < 1.29 is 24.2 Å². The highest BCUT2D eigenvalue weighted by molar-refractivity contribution is 5.96. The molecule has 1 aliphatic rings. The number of fused-ring (bicyclic) bond motifs is 1. The summed E-state index contributed by atoms with van der Waals surface area (Å²) in [7, 11) is 1.43. The number of hydrogen-bond donors (Lipinski definition) is 1. The quantitative estimate of drug-likeness (QED) is 0.907. The first-order valence-corrected chi connectivity index (χ1v) is 6.67. The van der Waals surface area contributed by atoms with Gasteiger partial charge in [0.05, 0.1) is 12.8 Å². The van der Waals surface area contributed by atoms with Crippen LogP contribution in [0, 0.1) is 0 Å². The van der Waals surface area contributed by atoms with E-state index >= 15 is 0 Å². The summed E-state index contributed by atoms with van der Waals surface area (Å²) in [4.78, 5) is 24.9. The molecule has 21 heavy (non-hydrogen) atoms. The average Bonchev–Trinajstić information content (AvgIpc) is 2.77. The Morgan fingerprint density at radius 2 is 1.95 bits per heavy atom. The van der Waals surface area contributed by atoms with Gasteiger partial charge in [-0.2, -0.15) is 0 Å². The lowest BCUT2D eigenvalue weighted by atomic mass is 10.1. The van der Waals surface area contributed by atoms with Crippen LogP contribution in [-0.2, 0) is 11.2 Å². The zero-order valence-electron chi connectivity index (χ0n) is 12.6. The Morgan fingerprint density at radius 3 is 2.48 bits per heavy atom. The van der Waals surface area contributed by atoms with Crippen molar-refractivity contribution in [2.45, 2.75) is 32.8 Å². The Labute approximate surface area is 123 Å². The van der Waals surface area contributed by atoms with E-state index in [1.807, 2.05) is 0 Å². The fourth-order valence-corrected chi connectivity index (χ4v) is 2.26. The number of carboxylic acid groups (broad SMARTS) is 1. The molecular formula is C15H19NO5. The Morgan fingerprint density at radius 1 is 1.29 bits per heavy atom. The highest BCUT2D eigenvalue weighted by atomic mass is 16.6. The first kappa shape index (κ1) is 15.2. The van der Waals surface area contributed by atoms with Gasteiger partial charge in [0.25, 0.3) is 0 Å². The molecule has 0 saturated carbocycles. The molecule has 0 spiro atoms. The van der Waals surface area contributed by atoms with Gasteiger partial charge in [0.2, 0.25) is 0 Å². The van der Waals surface area contributed by atoms with E-state index in [0.717, 1.165) is 5.56 Å². The third-order valence-corrected chi connectivity index (χ3v) is 3.14. The van der Waals surface area contributed by atoms with Gasteiger partial charge in [-0.1, -0.05) is 0 Å². The maximum atomic E-state index is 12.2. The monoisotopic (exact) mass is 293 g/mol. The van der Waals surface area contributed by atoms with E-state index in [1.54, 1.807) is 26.8 Å². The Balaban J connectivity index is 2.37. The minimum absolute atomic E-state index is 0.0340. The van der Waals surface area contributed by atoms with Crippen molar-refractivity contribution in [2.75, 3.05) is 18.6 Å². The summed E-state index contributed by atoms with van der Waals surface area (Å²) in [6.45, 7) is 5.84. The van der Waals surface area contributed by atoms with E-state index in [-0.39, 0.29) is 5.56 Å². The number of methoxy groups -OCH3 is 1. The molecule has 1 aromatic carbocycles. The molecule has 0 atom stereocenters. The second-order valence-corrected chi connectivity index (χ2v) is 5.87. The summed E-state index contributed by atoms with van der Waals surface area (Å²) >= 11 is 0. The van der Waals surface area contributed by atoms with Crippen molar-refractivity contribution in [1.29, 1.82) is 0 Å². The molecule has 6 heteroatoms. The smallest absolute Gasteiger partial charge is 0.414 e. The van der Waals surface area contributed by atoms with Crippen LogP contribution in [0.15, 0.2) is 12.1 Å². The number of carboxylic acids is 1. The topological polar surface area (TPSA) is 76.1 Å². The lowest BCUT2D eigenvalue weighted by Crippen LogP contribution is -2.35. The number of carbonyl (C=O) groups is 2. The van der Waals surface area contributed by atoms with Crippen molar-refractivity contribution in [2.24, 2.45) is 0 Å². The average molecular weight is 293 g/mol. The van der Waals surface area contributed by atoms with E-state index in [2.05, 4.69) is 0 Å². The van der Waals surface area contributed by atoms with Crippen LogP contribution in [0.5, 0.6) is 5.75 Å². The molecule has 1 amide bonds. The van der Waals surface area contributed by atoms with Crippen molar-refractivity contribution in [3.8, 4) is 5.75 Å². The van der Waals surface area contributed by atoms with Gasteiger partial charge in [-0.15, -0.1) is 0 Å². The molecule has 1 aliphatic heterocycles. The van der Waals surface area contributed by atoms with Crippen LogP contribution in [0.4, 0.5) is 10.5 Å². The molecule has 6 nitrogen and oxygen atoms in total. The predicted molar refractivity (Wildman–Crippen MR) is 77.2 cm³/mol. The van der Waals surface area contributed by atoms with Crippen molar-refractivity contribution in [3.63, 3.8) is 0 Å². The molecule has 1 N–H and O–H groups in total. The summed E-state index contributed by atoms with van der Waals surface area (Å²) in [6, 6.07) is 3.14. The molecule has 0 saturated heterocycles. The minimum Gasteiger partial charge on any atom is -0.496 e. The number of ether oxygens (including phenoxy) is 2. The molecule has 0 aromatic heterocycles. The van der Waals surface area contributed by atoms with E-state index in [9.17, 15) is 14.7 Å². The molecule has 0 bridgehead atoms. The largest absolute Gasteiger partial charge is 0.496 e. The molecule has 0 fully saturated rings. The van der Waals surface area contributed by atoms with Crippen molar-refractivity contribution in [3.05, 3.63) is 23.3 Å². The van der Waals surface area contributed by atoms with E-state index in [4.69, 9.17) is 9.47 Å². The lowest BCUT2D eigenvalue weighted by Gasteiger charge is -2.25. The molecule has 0 aliphatic carbocycles. The third-order valence-electron chi connectivity index (χ3n) is 3.14. The van der Waals surface area contributed by atoms with Crippen LogP contribution in [0.25, 0.3) is 0 Å². The molecule has 114 valence electrons. The summed E-state index contributed by atoms with van der Waals surface area (Å²) in [6.07, 6.45) is 0.174. The maximum Gasteiger partial charge on any atom is 0.414 e. The molecule has 1 heterocycles. The van der Waals surface area contributed by atoms with Crippen LogP contribution < -0.4 is 9.64 Å². The van der Waals surface area contributed by atoms with Crippen LogP contribution in [-0.4, -0.2) is 36.4 Å². The normalized spacial score (nSPS) is 13.8. The first-order chi connectivity index (χ1) is 9.73. The number of nitrogens with zero attached hydrogens (tertiary/aromatic N) is 1.